The number of benzene rings is 2. The number of nitrogens with zero attached hydrogens (tertiary/aromatic N) is 1. The average molecular weight is 390 g/mol. The largest absolute Gasteiger partial charge is 0.456 e. The lowest BCUT2D eigenvalue weighted by molar-refractivity contribution is -0.119. The van der Waals surface area contributed by atoms with Gasteiger partial charge in [0.15, 0.2) is 12.4 Å². The molecule has 0 atom stereocenters. The van der Waals surface area contributed by atoms with Gasteiger partial charge in [-0.2, -0.15) is 0 Å². The maximum absolute atomic E-state index is 12.2. The van der Waals surface area contributed by atoms with Gasteiger partial charge in [-0.05, 0) is 37.3 Å². The van der Waals surface area contributed by atoms with E-state index in [1.54, 1.807) is 25.4 Å². The minimum absolute atomic E-state index is 0.153. The standard InChI is InChI=1S/C22H18N2O5/c1-13(25)14-9-18(24(2)11-14)22(27)28-12-21(26)23-15-7-8-20-17(10-15)16-5-3-4-6-19(16)29-20/h3-11H,12H2,1-2H3,(H,23,26). The topological polar surface area (TPSA) is 90.5 Å². The monoisotopic (exact) mass is 390 g/mol. The molecule has 0 spiro atoms. The highest BCUT2D eigenvalue weighted by molar-refractivity contribution is 6.07. The van der Waals surface area contributed by atoms with Crippen LogP contribution in [0.2, 0.25) is 0 Å². The summed E-state index contributed by atoms with van der Waals surface area (Å²) < 4.78 is 12.3. The Morgan fingerprint density at radius 1 is 1.03 bits per heavy atom. The molecule has 0 saturated heterocycles. The van der Waals surface area contributed by atoms with Crippen molar-refractivity contribution in [3.8, 4) is 0 Å². The van der Waals surface area contributed by atoms with Crippen LogP contribution in [0.25, 0.3) is 21.9 Å². The highest BCUT2D eigenvalue weighted by Gasteiger charge is 2.17. The number of hydrogen-bond acceptors (Lipinski definition) is 5. The van der Waals surface area contributed by atoms with Crippen molar-refractivity contribution in [2.45, 2.75) is 6.92 Å². The number of ketones is 1. The number of furan rings is 1. The van der Waals surface area contributed by atoms with E-state index in [0.29, 0.717) is 11.3 Å². The lowest BCUT2D eigenvalue weighted by atomic mass is 10.1. The van der Waals surface area contributed by atoms with Crippen LogP contribution in [0.5, 0.6) is 0 Å². The molecule has 0 saturated carbocycles. The first-order valence-corrected chi connectivity index (χ1v) is 8.98. The fourth-order valence-electron chi connectivity index (χ4n) is 3.17. The van der Waals surface area contributed by atoms with Crippen LogP contribution in [0.4, 0.5) is 5.69 Å². The van der Waals surface area contributed by atoms with Crippen molar-refractivity contribution < 1.29 is 23.5 Å². The van der Waals surface area contributed by atoms with Gasteiger partial charge in [0.25, 0.3) is 5.91 Å². The number of aryl methyl sites for hydroxylation is 1. The normalized spacial score (nSPS) is 11.0. The molecule has 4 aromatic rings. The average Bonchev–Trinajstić information content (AvgIpc) is 3.27. The summed E-state index contributed by atoms with van der Waals surface area (Å²) in [6, 6.07) is 14.4. The molecule has 0 bridgehead atoms. The van der Waals surface area contributed by atoms with E-state index in [9.17, 15) is 14.4 Å². The lowest BCUT2D eigenvalue weighted by Gasteiger charge is -2.07. The molecule has 4 rings (SSSR count). The zero-order valence-corrected chi connectivity index (χ0v) is 15.9. The molecular weight excluding hydrogens is 372 g/mol. The van der Waals surface area contributed by atoms with Crippen LogP contribution in [-0.2, 0) is 16.6 Å². The summed E-state index contributed by atoms with van der Waals surface area (Å²) in [4.78, 5) is 35.8. The minimum Gasteiger partial charge on any atom is -0.456 e. The Labute approximate surface area is 165 Å². The Hall–Kier alpha value is -3.87. The Bertz CT molecular complexity index is 1260. The van der Waals surface area contributed by atoms with Crippen LogP contribution in [0, 0.1) is 0 Å². The Morgan fingerprint density at radius 3 is 2.55 bits per heavy atom. The number of carbonyl (C=O) groups excluding carboxylic acids is 3. The van der Waals surface area contributed by atoms with Gasteiger partial charge in [-0.15, -0.1) is 0 Å². The van der Waals surface area contributed by atoms with Crippen molar-refractivity contribution in [2.24, 2.45) is 7.05 Å². The zero-order chi connectivity index (χ0) is 20.5. The predicted molar refractivity (Wildman–Crippen MR) is 108 cm³/mol. The van der Waals surface area contributed by atoms with Gasteiger partial charge in [-0.25, -0.2) is 4.79 Å². The van der Waals surface area contributed by atoms with Crippen molar-refractivity contribution in [1.29, 1.82) is 0 Å². The van der Waals surface area contributed by atoms with Crippen LogP contribution in [-0.4, -0.2) is 28.8 Å². The lowest BCUT2D eigenvalue weighted by Crippen LogP contribution is -2.21. The highest BCUT2D eigenvalue weighted by Crippen LogP contribution is 2.30. The molecule has 2 heterocycles. The summed E-state index contributed by atoms with van der Waals surface area (Å²) in [5.41, 5.74) is 2.68. The van der Waals surface area contributed by atoms with E-state index in [2.05, 4.69) is 5.32 Å². The fourth-order valence-corrected chi connectivity index (χ4v) is 3.17. The Morgan fingerprint density at radius 2 is 1.79 bits per heavy atom. The summed E-state index contributed by atoms with van der Waals surface area (Å²) in [6.07, 6.45) is 1.55. The van der Waals surface area contributed by atoms with Gasteiger partial charge in [0.1, 0.15) is 16.9 Å². The number of carbonyl (C=O) groups is 3. The number of fused-ring (bicyclic) bond motifs is 3. The van der Waals surface area contributed by atoms with Crippen molar-refractivity contribution in [2.75, 3.05) is 11.9 Å². The third-order valence-corrected chi connectivity index (χ3v) is 4.62. The van der Waals surface area contributed by atoms with Gasteiger partial charge in [-0.1, -0.05) is 18.2 Å². The van der Waals surface area contributed by atoms with Crippen molar-refractivity contribution in [1.82, 2.24) is 4.57 Å². The Balaban J connectivity index is 1.44. The quantitative estimate of drug-likeness (QED) is 0.412. The molecule has 0 fully saturated rings. The number of rotatable bonds is 5. The van der Waals surface area contributed by atoms with E-state index < -0.39 is 18.5 Å². The second-order valence-electron chi connectivity index (χ2n) is 6.71. The van der Waals surface area contributed by atoms with Crippen molar-refractivity contribution >= 4 is 45.3 Å². The highest BCUT2D eigenvalue weighted by atomic mass is 16.5. The van der Waals surface area contributed by atoms with Crippen LogP contribution in [0.15, 0.2) is 59.1 Å². The van der Waals surface area contributed by atoms with Crippen LogP contribution >= 0.6 is 0 Å². The number of aromatic nitrogens is 1. The second-order valence-corrected chi connectivity index (χ2v) is 6.71. The molecular formula is C22H18N2O5. The molecule has 29 heavy (non-hydrogen) atoms. The van der Waals surface area contributed by atoms with E-state index in [1.807, 2.05) is 30.3 Å². The molecule has 1 N–H and O–H groups in total. The number of ether oxygens (including phenoxy) is 1. The summed E-state index contributed by atoms with van der Waals surface area (Å²) in [6.45, 7) is 0.974. The number of para-hydroxylation sites is 1. The summed E-state index contributed by atoms with van der Waals surface area (Å²) >= 11 is 0. The maximum atomic E-state index is 12.2. The third kappa shape index (κ3) is 3.62. The van der Waals surface area contributed by atoms with E-state index >= 15 is 0 Å². The van der Waals surface area contributed by atoms with Crippen molar-refractivity contribution in [3.63, 3.8) is 0 Å². The van der Waals surface area contributed by atoms with E-state index in [4.69, 9.17) is 9.15 Å². The predicted octanol–water partition coefficient (Wildman–Crippen LogP) is 3.92. The van der Waals surface area contributed by atoms with E-state index in [0.717, 1.165) is 21.9 Å². The van der Waals surface area contributed by atoms with E-state index in [-0.39, 0.29) is 11.5 Å². The first kappa shape index (κ1) is 18.5. The number of nitrogens with one attached hydrogen (secondary N) is 1. The van der Waals surface area contributed by atoms with Gasteiger partial charge in [0.05, 0.1) is 0 Å². The zero-order valence-electron chi connectivity index (χ0n) is 15.9. The molecule has 146 valence electrons. The molecule has 2 aromatic carbocycles. The first-order valence-electron chi connectivity index (χ1n) is 8.98. The molecule has 0 aliphatic rings. The number of amides is 1. The second kappa shape index (κ2) is 7.27. The number of Topliss-reactive ketones (excluding diaryl/α,β-unsaturated/α-hetero) is 1. The Kier molecular flexibility index (Phi) is 4.64. The summed E-state index contributed by atoms with van der Waals surface area (Å²) in [5.74, 6) is -1.29. The molecule has 7 nitrogen and oxygen atoms in total. The van der Waals surface area contributed by atoms with Gasteiger partial charge in [-0.3, -0.25) is 9.59 Å². The smallest absolute Gasteiger partial charge is 0.355 e. The number of anilines is 1. The van der Waals surface area contributed by atoms with Crippen LogP contribution in [0.3, 0.4) is 0 Å². The SMILES string of the molecule is CC(=O)c1cc(C(=O)OCC(=O)Nc2ccc3oc4ccccc4c3c2)n(C)c1. The molecule has 0 aliphatic carbocycles. The maximum Gasteiger partial charge on any atom is 0.355 e. The molecule has 0 aliphatic heterocycles. The van der Waals surface area contributed by atoms with Gasteiger partial charge in [0.2, 0.25) is 0 Å². The third-order valence-electron chi connectivity index (χ3n) is 4.62. The first-order chi connectivity index (χ1) is 13.9. The van der Waals surface area contributed by atoms with Crippen LogP contribution < -0.4 is 5.32 Å². The minimum atomic E-state index is -0.675. The number of esters is 1. The fraction of sp³-hybridized carbons (Fsp3) is 0.136. The van der Waals surface area contributed by atoms with Gasteiger partial charge >= 0.3 is 5.97 Å². The summed E-state index contributed by atoms with van der Waals surface area (Å²) in [7, 11) is 1.63. The van der Waals surface area contributed by atoms with Gasteiger partial charge < -0.3 is 19.0 Å². The molecule has 1 amide bonds. The molecule has 7 heteroatoms. The summed E-state index contributed by atoms with van der Waals surface area (Å²) in [5, 5.41) is 4.55. The number of hydrogen-bond donors (Lipinski definition) is 1. The van der Waals surface area contributed by atoms with Gasteiger partial charge in [0, 0.05) is 35.3 Å². The van der Waals surface area contributed by atoms with Crippen molar-refractivity contribution in [3.05, 3.63) is 66.0 Å². The van der Waals surface area contributed by atoms with Crippen LogP contribution in [0.1, 0.15) is 27.8 Å². The molecule has 0 radical (unpaired) electrons. The van der Waals surface area contributed by atoms with E-state index in [1.165, 1.54) is 17.6 Å². The molecule has 0 unspecified atom stereocenters. The molecule has 2 aromatic heterocycles.